The largest absolute Gasteiger partial charge is 0.453 e. The molecular formula is C54H34N4O. The Labute approximate surface area is 340 Å². The van der Waals surface area contributed by atoms with Gasteiger partial charge in [-0.2, -0.15) is 0 Å². The van der Waals surface area contributed by atoms with Gasteiger partial charge in [0, 0.05) is 38.7 Å². The van der Waals surface area contributed by atoms with E-state index in [2.05, 4.69) is 191 Å². The molecule has 5 nitrogen and oxygen atoms in total. The Morgan fingerprint density at radius 2 is 1.10 bits per heavy atom. The molecule has 0 N–H and O–H groups in total. The van der Waals surface area contributed by atoms with Crippen molar-refractivity contribution in [3.05, 3.63) is 206 Å². The fraction of sp³-hybridized carbons (Fsp3) is 0. The van der Waals surface area contributed by atoms with E-state index in [0.717, 1.165) is 84.1 Å². The van der Waals surface area contributed by atoms with Crippen LogP contribution >= 0.6 is 0 Å². The summed E-state index contributed by atoms with van der Waals surface area (Å²) in [4.78, 5) is 12.6. The van der Waals surface area contributed by atoms with E-state index in [1.54, 1.807) is 0 Å². The smallest absolute Gasteiger partial charge is 0.160 e. The first kappa shape index (κ1) is 33.2. The van der Waals surface area contributed by atoms with Gasteiger partial charge in [0.25, 0.3) is 0 Å². The third-order valence-electron chi connectivity index (χ3n) is 11.5. The van der Waals surface area contributed by atoms with Crippen LogP contribution in [0, 0.1) is 0 Å². The lowest BCUT2D eigenvalue weighted by molar-refractivity contribution is 0.477. The zero-order chi connectivity index (χ0) is 38.9. The fourth-order valence-corrected chi connectivity index (χ4v) is 8.93. The van der Waals surface area contributed by atoms with Gasteiger partial charge in [0.1, 0.15) is 0 Å². The quantitative estimate of drug-likeness (QED) is 0.175. The van der Waals surface area contributed by atoms with Crippen LogP contribution in [0.25, 0.3) is 82.9 Å². The Bertz CT molecular complexity index is 3430. The third kappa shape index (κ3) is 5.33. The Balaban J connectivity index is 1.08. The molecule has 11 aromatic rings. The predicted molar refractivity (Wildman–Crippen MR) is 242 cm³/mol. The molecule has 1 aliphatic heterocycles. The summed E-state index contributed by atoms with van der Waals surface area (Å²) in [5.41, 5.74) is 12.5. The zero-order valence-corrected chi connectivity index (χ0v) is 31.8. The first-order chi connectivity index (χ1) is 29.3. The summed E-state index contributed by atoms with van der Waals surface area (Å²) in [5.74, 6) is 2.34. The van der Waals surface area contributed by atoms with Crippen molar-refractivity contribution < 1.29 is 4.74 Å². The second-order valence-corrected chi connectivity index (χ2v) is 15.0. The van der Waals surface area contributed by atoms with Gasteiger partial charge in [0.2, 0.25) is 0 Å². The minimum absolute atomic E-state index is 0.692. The maximum Gasteiger partial charge on any atom is 0.160 e. The number of para-hydroxylation sites is 4. The third-order valence-corrected chi connectivity index (χ3v) is 11.5. The number of hydrogen-bond donors (Lipinski definition) is 0. The normalized spacial score (nSPS) is 12.2. The number of benzene rings is 9. The molecule has 0 radical (unpaired) electrons. The van der Waals surface area contributed by atoms with Gasteiger partial charge in [-0.1, -0.05) is 140 Å². The lowest BCUT2D eigenvalue weighted by atomic mass is 9.96. The van der Waals surface area contributed by atoms with Crippen LogP contribution in [0.1, 0.15) is 0 Å². The van der Waals surface area contributed by atoms with Crippen molar-refractivity contribution in [2.24, 2.45) is 0 Å². The molecule has 59 heavy (non-hydrogen) atoms. The molecule has 5 heteroatoms. The van der Waals surface area contributed by atoms with Crippen molar-refractivity contribution in [3.8, 4) is 51.0 Å². The standard InChI is InChI=1S/C54H34N4O/c1-3-16-36(17-4-1)53-43-23-9-10-25-44(43)55-54(56-53)38-18-13-21-40(33-38)58-46-27-14-24-42(52(46)51-41-22-8-7-15-35(41)29-31-47(51)58)37-30-32-50-48(34-37)57(39-19-5-2-6-20-39)45-26-11-12-28-49(45)59-50/h1-34H. The SMILES string of the molecule is c1ccc(-c2nc(-c3cccc(-n4c5cccc(-c6ccc7c(c6)N(c6ccccc6)c6ccccc6O7)c5c5c6ccccc6ccc54)c3)nc3ccccc23)cc1. The summed E-state index contributed by atoms with van der Waals surface area (Å²) in [7, 11) is 0. The molecule has 1 aliphatic rings. The molecule has 9 aromatic carbocycles. The first-order valence-electron chi connectivity index (χ1n) is 19.9. The number of hydrogen-bond acceptors (Lipinski definition) is 4. The molecule has 276 valence electrons. The number of anilines is 3. The molecule has 0 bridgehead atoms. The van der Waals surface area contributed by atoms with Gasteiger partial charge in [-0.3, -0.25) is 0 Å². The van der Waals surface area contributed by atoms with Crippen LogP contribution in [0.5, 0.6) is 11.5 Å². The molecule has 3 heterocycles. The summed E-state index contributed by atoms with van der Waals surface area (Å²) in [6.07, 6.45) is 0. The van der Waals surface area contributed by atoms with Gasteiger partial charge >= 0.3 is 0 Å². The zero-order valence-electron chi connectivity index (χ0n) is 31.8. The Morgan fingerprint density at radius 1 is 0.407 bits per heavy atom. The molecule has 0 spiro atoms. The minimum Gasteiger partial charge on any atom is -0.453 e. The maximum absolute atomic E-state index is 6.55. The highest BCUT2D eigenvalue weighted by atomic mass is 16.5. The molecule has 0 saturated heterocycles. The highest BCUT2D eigenvalue weighted by Gasteiger charge is 2.27. The van der Waals surface area contributed by atoms with Gasteiger partial charge in [-0.15, -0.1) is 0 Å². The molecule has 0 aliphatic carbocycles. The van der Waals surface area contributed by atoms with Gasteiger partial charge < -0.3 is 14.2 Å². The molecule has 0 atom stereocenters. The van der Waals surface area contributed by atoms with E-state index >= 15 is 0 Å². The minimum atomic E-state index is 0.692. The van der Waals surface area contributed by atoms with Crippen molar-refractivity contribution in [3.63, 3.8) is 0 Å². The monoisotopic (exact) mass is 754 g/mol. The molecule has 12 rings (SSSR count). The van der Waals surface area contributed by atoms with E-state index in [0.29, 0.717) is 5.82 Å². The van der Waals surface area contributed by atoms with E-state index in [1.807, 2.05) is 24.3 Å². The van der Waals surface area contributed by atoms with Gasteiger partial charge in [-0.25, -0.2) is 9.97 Å². The lowest BCUT2D eigenvalue weighted by Gasteiger charge is -2.33. The van der Waals surface area contributed by atoms with E-state index in [-0.39, 0.29) is 0 Å². The Kier molecular flexibility index (Phi) is 7.47. The van der Waals surface area contributed by atoms with Crippen LogP contribution in [0.15, 0.2) is 206 Å². The fourth-order valence-electron chi connectivity index (χ4n) is 8.93. The van der Waals surface area contributed by atoms with Crippen LogP contribution in [-0.2, 0) is 0 Å². The van der Waals surface area contributed by atoms with E-state index in [9.17, 15) is 0 Å². The molecule has 0 fully saturated rings. The van der Waals surface area contributed by atoms with Crippen LogP contribution in [0.2, 0.25) is 0 Å². The van der Waals surface area contributed by atoms with Crippen molar-refractivity contribution in [2.45, 2.75) is 0 Å². The Morgan fingerprint density at radius 3 is 2.00 bits per heavy atom. The summed E-state index contributed by atoms with van der Waals surface area (Å²) in [6, 6.07) is 72.5. The molecule has 0 unspecified atom stereocenters. The first-order valence-corrected chi connectivity index (χ1v) is 19.9. The highest BCUT2D eigenvalue weighted by Crippen LogP contribution is 2.52. The van der Waals surface area contributed by atoms with Crippen LogP contribution in [0.4, 0.5) is 17.1 Å². The van der Waals surface area contributed by atoms with E-state index in [1.165, 1.54) is 21.5 Å². The number of rotatable bonds is 5. The van der Waals surface area contributed by atoms with Gasteiger partial charge in [0.05, 0.1) is 33.6 Å². The van der Waals surface area contributed by atoms with E-state index < -0.39 is 0 Å². The van der Waals surface area contributed by atoms with Crippen molar-refractivity contribution in [1.29, 1.82) is 0 Å². The van der Waals surface area contributed by atoms with Crippen LogP contribution < -0.4 is 9.64 Å². The van der Waals surface area contributed by atoms with Crippen molar-refractivity contribution in [1.82, 2.24) is 14.5 Å². The van der Waals surface area contributed by atoms with Gasteiger partial charge in [0.15, 0.2) is 17.3 Å². The van der Waals surface area contributed by atoms with Crippen molar-refractivity contribution in [2.75, 3.05) is 4.90 Å². The van der Waals surface area contributed by atoms with Crippen molar-refractivity contribution >= 4 is 60.5 Å². The summed E-state index contributed by atoms with van der Waals surface area (Å²) in [6.45, 7) is 0. The number of nitrogens with zero attached hydrogens (tertiary/aromatic N) is 4. The lowest BCUT2D eigenvalue weighted by Crippen LogP contribution is -2.15. The number of aromatic nitrogens is 3. The summed E-state index contributed by atoms with van der Waals surface area (Å²) < 4.78 is 8.95. The number of fused-ring (bicyclic) bond motifs is 8. The summed E-state index contributed by atoms with van der Waals surface area (Å²) in [5, 5.41) is 5.86. The maximum atomic E-state index is 6.55. The second-order valence-electron chi connectivity index (χ2n) is 15.0. The molecular weight excluding hydrogens is 721 g/mol. The molecule has 0 saturated carbocycles. The molecule has 0 amide bonds. The highest BCUT2D eigenvalue weighted by molar-refractivity contribution is 6.25. The van der Waals surface area contributed by atoms with E-state index in [4.69, 9.17) is 14.7 Å². The van der Waals surface area contributed by atoms with Gasteiger partial charge in [-0.05, 0) is 88.6 Å². The average molecular weight is 755 g/mol. The predicted octanol–water partition coefficient (Wildman–Crippen LogP) is 14.5. The van der Waals surface area contributed by atoms with Crippen LogP contribution in [-0.4, -0.2) is 14.5 Å². The second kappa shape index (κ2) is 13.3. The molecule has 2 aromatic heterocycles. The summed E-state index contributed by atoms with van der Waals surface area (Å²) >= 11 is 0. The number of ether oxygens (including phenoxy) is 1. The van der Waals surface area contributed by atoms with Crippen LogP contribution in [0.3, 0.4) is 0 Å². The average Bonchev–Trinajstić information content (AvgIpc) is 3.66. The Hall–Kier alpha value is -8.02. The topological polar surface area (TPSA) is 43.2 Å².